The summed E-state index contributed by atoms with van der Waals surface area (Å²) >= 11 is 3.04. The molecule has 3 N–H and O–H groups in total. The normalized spacial score (nSPS) is 10.0. The first-order chi connectivity index (χ1) is 9.60. The highest BCUT2D eigenvalue weighted by Gasteiger charge is 2.11. The predicted molar refractivity (Wildman–Crippen MR) is 96.7 cm³/mol. The Morgan fingerprint density at radius 1 is 1.23 bits per heavy atom. The van der Waals surface area contributed by atoms with Gasteiger partial charge in [0.1, 0.15) is 10.7 Å². The van der Waals surface area contributed by atoms with Crippen LogP contribution in [0.2, 0.25) is 0 Å². The Morgan fingerprint density at radius 2 is 1.91 bits per heavy atom. The van der Waals surface area contributed by atoms with Gasteiger partial charge in [0.15, 0.2) is 0 Å². The molecule has 0 saturated heterocycles. The lowest BCUT2D eigenvalue weighted by molar-refractivity contribution is 0.0946. The zero-order valence-electron chi connectivity index (χ0n) is 12.4. The van der Waals surface area contributed by atoms with Gasteiger partial charge in [0, 0.05) is 17.2 Å². The van der Waals surface area contributed by atoms with E-state index in [-0.39, 0.29) is 30.7 Å². The van der Waals surface area contributed by atoms with Crippen LogP contribution in [0.3, 0.4) is 0 Å². The van der Waals surface area contributed by atoms with Gasteiger partial charge in [0.25, 0.3) is 5.91 Å². The quantitative estimate of drug-likeness (QED) is 0.804. The molecule has 0 aliphatic heterocycles. The second kappa shape index (κ2) is 10.1. The molecule has 2 rings (SSSR count). The van der Waals surface area contributed by atoms with Crippen LogP contribution < -0.4 is 11.1 Å². The van der Waals surface area contributed by atoms with Crippen molar-refractivity contribution in [1.82, 2.24) is 15.3 Å². The van der Waals surface area contributed by atoms with E-state index in [1.807, 2.05) is 5.38 Å². The summed E-state index contributed by atoms with van der Waals surface area (Å²) < 4.78 is 0. The van der Waals surface area contributed by atoms with E-state index in [0.717, 1.165) is 15.7 Å². The third-order valence-corrected chi connectivity index (χ3v) is 4.48. The molecular weight excluding hydrogens is 363 g/mol. The SMILES string of the molecule is CC(C)c1csc(CNC(=O)c2csc(CCN)n2)n1.Cl.Cl. The number of carbonyl (C=O) groups excluding carboxylic acids is 1. The smallest absolute Gasteiger partial charge is 0.271 e. The minimum Gasteiger partial charge on any atom is -0.344 e. The van der Waals surface area contributed by atoms with Crippen LogP contribution in [0, 0.1) is 0 Å². The Kier molecular flexibility index (Phi) is 9.79. The number of carbonyl (C=O) groups is 1. The van der Waals surface area contributed by atoms with Crippen molar-refractivity contribution >= 4 is 53.4 Å². The molecule has 0 spiro atoms. The van der Waals surface area contributed by atoms with E-state index in [9.17, 15) is 4.79 Å². The van der Waals surface area contributed by atoms with Gasteiger partial charge in [-0.05, 0) is 12.5 Å². The van der Waals surface area contributed by atoms with Crippen molar-refractivity contribution in [3.63, 3.8) is 0 Å². The Labute approximate surface area is 150 Å². The molecule has 0 unspecified atom stereocenters. The first-order valence-electron chi connectivity index (χ1n) is 6.47. The fourth-order valence-corrected chi connectivity index (χ4v) is 3.26. The molecule has 2 aromatic heterocycles. The number of hydrogen-bond acceptors (Lipinski definition) is 6. The molecule has 2 heterocycles. The van der Waals surface area contributed by atoms with E-state index in [0.29, 0.717) is 31.1 Å². The average Bonchev–Trinajstić information content (AvgIpc) is 3.05. The molecule has 9 heteroatoms. The van der Waals surface area contributed by atoms with Crippen molar-refractivity contribution in [2.45, 2.75) is 32.7 Å². The number of aromatic nitrogens is 2. The van der Waals surface area contributed by atoms with Crippen molar-refractivity contribution in [2.75, 3.05) is 6.54 Å². The average molecular weight is 383 g/mol. The molecule has 0 aromatic carbocycles. The Hall–Kier alpha value is -0.730. The highest BCUT2D eigenvalue weighted by molar-refractivity contribution is 7.10. The molecule has 124 valence electrons. The minimum absolute atomic E-state index is 0. The van der Waals surface area contributed by atoms with Crippen LogP contribution in [-0.2, 0) is 13.0 Å². The van der Waals surface area contributed by atoms with Gasteiger partial charge < -0.3 is 11.1 Å². The van der Waals surface area contributed by atoms with Crippen molar-refractivity contribution in [3.8, 4) is 0 Å². The van der Waals surface area contributed by atoms with Gasteiger partial charge in [-0.1, -0.05) is 13.8 Å². The molecule has 0 saturated carbocycles. The number of nitrogens with two attached hydrogens (primary N) is 1. The third-order valence-electron chi connectivity index (χ3n) is 2.70. The third kappa shape index (κ3) is 5.81. The van der Waals surface area contributed by atoms with Crippen molar-refractivity contribution in [3.05, 3.63) is 32.2 Å². The van der Waals surface area contributed by atoms with Crippen LogP contribution in [0.4, 0.5) is 0 Å². The molecular formula is C13H20Cl2N4OS2. The first kappa shape index (κ1) is 21.3. The largest absolute Gasteiger partial charge is 0.344 e. The number of nitrogens with one attached hydrogen (secondary N) is 1. The number of thiazole rings is 2. The lowest BCUT2D eigenvalue weighted by atomic mass is 10.2. The number of nitrogens with zero attached hydrogens (tertiary/aromatic N) is 2. The standard InChI is InChI=1S/C13H18N4OS2.2ClH/c1-8(2)9-6-20-12(16-9)5-15-13(18)10-7-19-11(17-10)3-4-14;;/h6-8H,3-5,14H2,1-2H3,(H,15,18);2*1H. The minimum atomic E-state index is -0.161. The maximum absolute atomic E-state index is 12.0. The summed E-state index contributed by atoms with van der Waals surface area (Å²) in [4.78, 5) is 20.7. The highest BCUT2D eigenvalue weighted by atomic mass is 35.5. The molecule has 0 radical (unpaired) electrons. The van der Waals surface area contributed by atoms with Crippen LogP contribution in [0.1, 0.15) is 46.0 Å². The van der Waals surface area contributed by atoms with E-state index in [2.05, 4.69) is 29.1 Å². The summed E-state index contributed by atoms with van der Waals surface area (Å²) in [6.07, 6.45) is 0.710. The molecule has 22 heavy (non-hydrogen) atoms. The lowest BCUT2D eigenvalue weighted by Gasteiger charge is -2.00. The Morgan fingerprint density at radius 3 is 2.50 bits per heavy atom. The monoisotopic (exact) mass is 382 g/mol. The number of halogens is 2. The fraction of sp³-hybridized carbons (Fsp3) is 0.462. The summed E-state index contributed by atoms with van der Waals surface area (Å²) in [5.74, 6) is 0.249. The molecule has 0 aliphatic rings. The zero-order valence-corrected chi connectivity index (χ0v) is 15.6. The summed E-state index contributed by atoms with van der Waals surface area (Å²) in [6, 6.07) is 0. The molecule has 5 nitrogen and oxygen atoms in total. The van der Waals surface area contributed by atoms with Gasteiger partial charge in [0.05, 0.1) is 17.2 Å². The molecule has 0 fully saturated rings. The summed E-state index contributed by atoms with van der Waals surface area (Å²) in [7, 11) is 0. The van der Waals surface area contributed by atoms with E-state index in [1.54, 1.807) is 16.7 Å². The van der Waals surface area contributed by atoms with Crippen LogP contribution in [0.15, 0.2) is 10.8 Å². The van der Waals surface area contributed by atoms with Crippen LogP contribution >= 0.6 is 47.5 Å². The maximum atomic E-state index is 12.0. The second-order valence-corrected chi connectivity index (χ2v) is 6.55. The van der Waals surface area contributed by atoms with Gasteiger partial charge in [-0.15, -0.1) is 47.5 Å². The van der Waals surface area contributed by atoms with E-state index < -0.39 is 0 Å². The summed E-state index contributed by atoms with van der Waals surface area (Å²) in [6.45, 7) is 5.20. The Bertz CT molecular complexity index is 586. The lowest BCUT2D eigenvalue weighted by Crippen LogP contribution is -2.23. The van der Waals surface area contributed by atoms with Crippen molar-refractivity contribution in [2.24, 2.45) is 5.73 Å². The van der Waals surface area contributed by atoms with Gasteiger partial charge in [-0.3, -0.25) is 4.79 Å². The van der Waals surface area contributed by atoms with E-state index in [1.165, 1.54) is 11.3 Å². The Balaban J connectivity index is 0.00000220. The number of hydrogen-bond donors (Lipinski definition) is 2. The maximum Gasteiger partial charge on any atom is 0.271 e. The molecule has 2 aromatic rings. The number of amides is 1. The summed E-state index contributed by atoms with van der Waals surface area (Å²) in [5, 5.41) is 8.46. The predicted octanol–water partition coefficient (Wildman–Crippen LogP) is 3.00. The molecule has 1 amide bonds. The van der Waals surface area contributed by atoms with E-state index in [4.69, 9.17) is 5.73 Å². The topological polar surface area (TPSA) is 80.9 Å². The van der Waals surface area contributed by atoms with Crippen LogP contribution in [0.25, 0.3) is 0 Å². The highest BCUT2D eigenvalue weighted by Crippen LogP contribution is 2.17. The summed E-state index contributed by atoms with van der Waals surface area (Å²) in [5.41, 5.74) is 6.99. The van der Waals surface area contributed by atoms with Gasteiger partial charge >= 0.3 is 0 Å². The van der Waals surface area contributed by atoms with Gasteiger partial charge in [0.2, 0.25) is 0 Å². The van der Waals surface area contributed by atoms with Gasteiger partial charge in [-0.2, -0.15) is 0 Å². The second-order valence-electron chi connectivity index (χ2n) is 4.67. The fourth-order valence-electron chi connectivity index (χ4n) is 1.57. The zero-order chi connectivity index (χ0) is 14.5. The first-order valence-corrected chi connectivity index (χ1v) is 8.23. The van der Waals surface area contributed by atoms with Crippen molar-refractivity contribution in [1.29, 1.82) is 0 Å². The van der Waals surface area contributed by atoms with Crippen molar-refractivity contribution < 1.29 is 4.79 Å². The number of rotatable bonds is 6. The molecule has 0 aliphatic carbocycles. The van der Waals surface area contributed by atoms with Crippen LogP contribution in [-0.4, -0.2) is 22.4 Å². The molecule has 0 bridgehead atoms. The van der Waals surface area contributed by atoms with Gasteiger partial charge in [-0.25, -0.2) is 9.97 Å². The van der Waals surface area contributed by atoms with Crippen LogP contribution in [0.5, 0.6) is 0 Å². The van der Waals surface area contributed by atoms with E-state index >= 15 is 0 Å². The molecule has 0 atom stereocenters.